The molecule has 1 N–H and O–H groups in total. The van der Waals surface area contributed by atoms with Crippen LogP contribution in [0.4, 0.5) is 0 Å². The summed E-state index contributed by atoms with van der Waals surface area (Å²) in [6.07, 6.45) is 2.04. The molecular formula is C11H10O4. The number of aliphatic carboxylic acids is 1. The van der Waals surface area contributed by atoms with Crippen molar-refractivity contribution in [2.24, 2.45) is 0 Å². The first kappa shape index (κ1) is 9.58. The van der Waals surface area contributed by atoms with Gasteiger partial charge in [0.05, 0.1) is 12.7 Å². The van der Waals surface area contributed by atoms with E-state index >= 15 is 0 Å². The highest BCUT2D eigenvalue weighted by molar-refractivity contribution is 5.67. The van der Waals surface area contributed by atoms with Crippen molar-refractivity contribution in [3.05, 3.63) is 36.3 Å². The van der Waals surface area contributed by atoms with Crippen LogP contribution in [0, 0.1) is 0 Å². The lowest BCUT2D eigenvalue weighted by molar-refractivity contribution is -0.137. The largest absolute Gasteiger partial charge is 0.481 e. The van der Waals surface area contributed by atoms with Crippen LogP contribution in [0.3, 0.4) is 0 Å². The number of hydrogen-bond acceptors (Lipinski definition) is 3. The first-order chi connectivity index (χ1) is 7.25. The van der Waals surface area contributed by atoms with Gasteiger partial charge in [0.1, 0.15) is 5.76 Å². The lowest BCUT2D eigenvalue weighted by Crippen LogP contribution is -1.95. The molecular weight excluding hydrogens is 196 g/mol. The number of carboxylic acid groups (broad SMARTS) is 1. The zero-order valence-corrected chi connectivity index (χ0v) is 7.97. The van der Waals surface area contributed by atoms with Crippen molar-refractivity contribution in [3.8, 4) is 11.5 Å². The van der Waals surface area contributed by atoms with Crippen LogP contribution in [0.5, 0.6) is 0 Å². The van der Waals surface area contributed by atoms with Gasteiger partial charge < -0.3 is 13.9 Å². The van der Waals surface area contributed by atoms with Crippen LogP contribution in [0.1, 0.15) is 12.2 Å². The van der Waals surface area contributed by atoms with E-state index in [-0.39, 0.29) is 6.42 Å². The fourth-order valence-corrected chi connectivity index (χ4v) is 1.29. The minimum atomic E-state index is -0.828. The van der Waals surface area contributed by atoms with Gasteiger partial charge in [0.2, 0.25) is 0 Å². The summed E-state index contributed by atoms with van der Waals surface area (Å²) in [7, 11) is 0. The summed E-state index contributed by atoms with van der Waals surface area (Å²) in [6, 6.07) is 7.10. The fraction of sp³-hybridized carbons (Fsp3) is 0.182. The van der Waals surface area contributed by atoms with Gasteiger partial charge >= 0.3 is 5.97 Å². The molecule has 0 aliphatic carbocycles. The van der Waals surface area contributed by atoms with E-state index in [0.29, 0.717) is 23.7 Å². The van der Waals surface area contributed by atoms with Crippen LogP contribution >= 0.6 is 0 Å². The summed E-state index contributed by atoms with van der Waals surface area (Å²) >= 11 is 0. The summed E-state index contributed by atoms with van der Waals surface area (Å²) in [6.45, 7) is 0. The van der Waals surface area contributed by atoms with Crippen LogP contribution in [0.25, 0.3) is 11.5 Å². The Hall–Kier alpha value is -1.97. The lowest BCUT2D eigenvalue weighted by Gasteiger charge is -1.92. The molecule has 0 bridgehead atoms. The molecule has 2 rings (SSSR count). The summed E-state index contributed by atoms with van der Waals surface area (Å²) in [5.74, 6) is 1.10. The highest BCUT2D eigenvalue weighted by Gasteiger charge is 2.07. The molecule has 2 heterocycles. The third kappa shape index (κ3) is 2.28. The molecule has 15 heavy (non-hydrogen) atoms. The molecule has 2 aromatic rings. The maximum atomic E-state index is 10.3. The number of hydrogen-bond donors (Lipinski definition) is 1. The van der Waals surface area contributed by atoms with Crippen molar-refractivity contribution in [2.45, 2.75) is 12.8 Å². The SMILES string of the molecule is O=C(O)CCc1ccc(-c2ccco2)o1. The molecule has 0 spiro atoms. The second-order valence-electron chi connectivity index (χ2n) is 3.14. The van der Waals surface area contributed by atoms with E-state index in [2.05, 4.69) is 0 Å². The Bertz CT molecular complexity index is 439. The molecule has 0 unspecified atom stereocenters. The van der Waals surface area contributed by atoms with Crippen LogP contribution in [0.15, 0.2) is 39.4 Å². The smallest absolute Gasteiger partial charge is 0.303 e. The maximum absolute atomic E-state index is 10.3. The van der Waals surface area contributed by atoms with E-state index in [1.807, 2.05) is 0 Å². The quantitative estimate of drug-likeness (QED) is 0.834. The van der Waals surface area contributed by atoms with Crippen LogP contribution in [-0.4, -0.2) is 11.1 Å². The van der Waals surface area contributed by atoms with Crippen LogP contribution in [-0.2, 0) is 11.2 Å². The van der Waals surface area contributed by atoms with Crippen LogP contribution < -0.4 is 0 Å². The fourth-order valence-electron chi connectivity index (χ4n) is 1.29. The minimum absolute atomic E-state index is 0.0745. The van der Waals surface area contributed by atoms with Crippen molar-refractivity contribution in [1.29, 1.82) is 0 Å². The Kier molecular flexibility index (Phi) is 2.58. The lowest BCUT2D eigenvalue weighted by atomic mass is 10.2. The molecule has 0 saturated carbocycles. The van der Waals surface area contributed by atoms with E-state index in [4.69, 9.17) is 13.9 Å². The van der Waals surface area contributed by atoms with E-state index in [1.165, 1.54) is 0 Å². The molecule has 0 radical (unpaired) electrons. The minimum Gasteiger partial charge on any atom is -0.481 e. The van der Waals surface area contributed by atoms with Crippen LogP contribution in [0.2, 0.25) is 0 Å². The first-order valence-corrected chi connectivity index (χ1v) is 4.60. The van der Waals surface area contributed by atoms with E-state index in [1.54, 1.807) is 30.5 Å². The van der Waals surface area contributed by atoms with Gasteiger partial charge in [0, 0.05) is 6.42 Å². The second-order valence-corrected chi connectivity index (χ2v) is 3.14. The first-order valence-electron chi connectivity index (χ1n) is 4.60. The molecule has 0 aromatic carbocycles. The summed E-state index contributed by atoms with van der Waals surface area (Å²) < 4.78 is 10.6. The number of aryl methyl sites for hydroxylation is 1. The molecule has 0 fully saturated rings. The standard InChI is InChI=1S/C11H10O4/c12-11(13)6-4-8-3-5-10(15-8)9-2-1-7-14-9/h1-3,5,7H,4,6H2,(H,12,13). The molecule has 0 amide bonds. The van der Waals surface area contributed by atoms with E-state index < -0.39 is 5.97 Å². The zero-order chi connectivity index (χ0) is 10.7. The maximum Gasteiger partial charge on any atom is 0.303 e. The van der Waals surface area contributed by atoms with Crippen molar-refractivity contribution < 1.29 is 18.7 Å². The zero-order valence-electron chi connectivity index (χ0n) is 7.97. The monoisotopic (exact) mass is 206 g/mol. The number of furan rings is 2. The Morgan fingerprint density at radius 3 is 2.80 bits per heavy atom. The van der Waals surface area contributed by atoms with Crippen molar-refractivity contribution in [2.75, 3.05) is 0 Å². The van der Waals surface area contributed by atoms with Crippen molar-refractivity contribution in [1.82, 2.24) is 0 Å². The number of carbonyl (C=O) groups is 1. The summed E-state index contributed by atoms with van der Waals surface area (Å²) in [5.41, 5.74) is 0. The highest BCUT2D eigenvalue weighted by atomic mass is 16.4. The normalized spacial score (nSPS) is 10.4. The average molecular weight is 206 g/mol. The highest BCUT2D eigenvalue weighted by Crippen LogP contribution is 2.22. The van der Waals surface area contributed by atoms with Gasteiger partial charge in [-0.1, -0.05) is 0 Å². The summed E-state index contributed by atoms with van der Waals surface area (Å²) in [5, 5.41) is 8.51. The molecule has 0 aliphatic rings. The Balaban J connectivity index is 2.08. The Morgan fingerprint density at radius 1 is 1.27 bits per heavy atom. The third-order valence-corrected chi connectivity index (χ3v) is 2.01. The predicted molar refractivity (Wildman–Crippen MR) is 52.4 cm³/mol. The van der Waals surface area contributed by atoms with Gasteiger partial charge in [-0.25, -0.2) is 0 Å². The molecule has 0 atom stereocenters. The average Bonchev–Trinajstić information content (AvgIpc) is 2.85. The van der Waals surface area contributed by atoms with Gasteiger partial charge in [-0.3, -0.25) is 4.79 Å². The topological polar surface area (TPSA) is 63.6 Å². The van der Waals surface area contributed by atoms with Crippen molar-refractivity contribution in [3.63, 3.8) is 0 Å². The van der Waals surface area contributed by atoms with E-state index in [9.17, 15) is 4.79 Å². The molecule has 2 aromatic heterocycles. The van der Waals surface area contributed by atoms with Crippen molar-refractivity contribution >= 4 is 5.97 Å². The second kappa shape index (κ2) is 4.04. The number of rotatable bonds is 4. The van der Waals surface area contributed by atoms with Gasteiger partial charge in [-0.05, 0) is 24.3 Å². The van der Waals surface area contributed by atoms with Gasteiger partial charge in [-0.2, -0.15) is 0 Å². The van der Waals surface area contributed by atoms with Gasteiger partial charge in [0.25, 0.3) is 0 Å². The Labute approximate surface area is 86.1 Å². The predicted octanol–water partition coefficient (Wildman–Crippen LogP) is 2.56. The number of carboxylic acids is 1. The summed E-state index contributed by atoms with van der Waals surface area (Å²) in [4.78, 5) is 10.3. The molecule has 0 saturated heterocycles. The molecule has 4 heteroatoms. The molecule has 4 nitrogen and oxygen atoms in total. The third-order valence-electron chi connectivity index (χ3n) is 2.01. The molecule has 78 valence electrons. The Morgan fingerprint density at radius 2 is 2.13 bits per heavy atom. The molecule has 0 aliphatic heterocycles. The van der Waals surface area contributed by atoms with Gasteiger partial charge in [0.15, 0.2) is 11.5 Å². The van der Waals surface area contributed by atoms with E-state index in [0.717, 1.165) is 0 Å². The van der Waals surface area contributed by atoms with Gasteiger partial charge in [-0.15, -0.1) is 0 Å².